The van der Waals surface area contributed by atoms with Crippen molar-refractivity contribution in [3.8, 4) is 5.75 Å². The van der Waals surface area contributed by atoms with Crippen LogP contribution in [0.25, 0.3) is 0 Å². The van der Waals surface area contributed by atoms with Crippen molar-refractivity contribution in [2.45, 2.75) is 31.1 Å². The molecule has 5 rings (SSSR count). The number of aliphatic imine (C=N–C) groups is 1. The van der Waals surface area contributed by atoms with Crippen LogP contribution in [0.15, 0.2) is 82.9 Å². The first-order valence-electron chi connectivity index (χ1n) is 11.8. The Labute approximate surface area is 224 Å². The van der Waals surface area contributed by atoms with Crippen molar-refractivity contribution in [3.63, 3.8) is 0 Å². The molecule has 0 saturated carbocycles. The molecule has 0 unspecified atom stereocenters. The topological polar surface area (TPSA) is 83.4 Å². The first-order chi connectivity index (χ1) is 17.9. The van der Waals surface area contributed by atoms with Crippen LogP contribution in [0.1, 0.15) is 35.6 Å². The van der Waals surface area contributed by atoms with E-state index in [0.29, 0.717) is 28.0 Å². The highest BCUT2D eigenvalue weighted by atomic mass is 35.5. The van der Waals surface area contributed by atoms with Crippen LogP contribution in [0.2, 0.25) is 5.02 Å². The van der Waals surface area contributed by atoms with Gasteiger partial charge in [-0.15, -0.1) is 0 Å². The third-order valence-electron chi connectivity index (χ3n) is 6.22. The largest absolute Gasteiger partial charge is 0.497 e. The lowest BCUT2D eigenvalue weighted by Crippen LogP contribution is -2.25. The van der Waals surface area contributed by atoms with Crippen LogP contribution in [0, 0.1) is 6.92 Å². The Bertz CT molecular complexity index is 1370. The first-order valence-corrected chi connectivity index (χ1v) is 13.1. The number of methoxy groups -OCH3 is 1. The highest BCUT2D eigenvalue weighted by Crippen LogP contribution is 2.39. The van der Waals surface area contributed by atoms with Crippen molar-refractivity contribution in [2.24, 2.45) is 10.1 Å². The summed E-state index contributed by atoms with van der Waals surface area (Å²) < 4.78 is 5.15. The van der Waals surface area contributed by atoms with Gasteiger partial charge < -0.3 is 10.1 Å². The van der Waals surface area contributed by atoms with Crippen LogP contribution in [0.4, 0.5) is 5.69 Å². The zero-order valence-corrected chi connectivity index (χ0v) is 21.9. The fourth-order valence-corrected chi connectivity index (χ4v) is 5.40. The minimum atomic E-state index is -0.613. The molecular weight excluding hydrogens is 508 g/mol. The monoisotopic (exact) mass is 532 g/mol. The number of thioether (sulfide) groups is 1. The number of nitrogens with zero attached hydrogens (tertiary/aromatic N) is 3. The van der Waals surface area contributed by atoms with E-state index < -0.39 is 5.25 Å². The molecule has 37 heavy (non-hydrogen) atoms. The van der Waals surface area contributed by atoms with Gasteiger partial charge in [-0.1, -0.05) is 65.3 Å². The molecule has 0 aliphatic carbocycles. The number of halogens is 1. The predicted octanol–water partition coefficient (Wildman–Crippen LogP) is 5.83. The van der Waals surface area contributed by atoms with Crippen molar-refractivity contribution in [1.82, 2.24) is 5.01 Å². The predicted molar refractivity (Wildman–Crippen MR) is 148 cm³/mol. The lowest BCUT2D eigenvalue weighted by atomic mass is 9.98. The summed E-state index contributed by atoms with van der Waals surface area (Å²) in [4.78, 5) is 29.8. The van der Waals surface area contributed by atoms with E-state index in [0.717, 1.165) is 16.8 Å². The maximum Gasteiger partial charge on any atom is 0.262 e. The Kier molecular flexibility index (Phi) is 7.30. The smallest absolute Gasteiger partial charge is 0.262 e. The maximum atomic E-state index is 12.8. The highest BCUT2D eigenvalue weighted by Gasteiger charge is 2.39. The molecule has 3 aromatic carbocycles. The van der Waals surface area contributed by atoms with Gasteiger partial charge in [0.15, 0.2) is 5.17 Å². The second kappa shape index (κ2) is 10.8. The van der Waals surface area contributed by atoms with Gasteiger partial charge in [-0.25, -0.2) is 5.01 Å². The Balaban J connectivity index is 1.33. The summed E-state index contributed by atoms with van der Waals surface area (Å²) in [5.41, 5.74) is 4.77. The Morgan fingerprint density at radius 1 is 1.08 bits per heavy atom. The molecule has 2 aliphatic heterocycles. The van der Waals surface area contributed by atoms with Gasteiger partial charge in [0, 0.05) is 23.6 Å². The molecular formula is C28H25ClN4O3S. The van der Waals surface area contributed by atoms with E-state index in [2.05, 4.69) is 34.6 Å². The van der Waals surface area contributed by atoms with Crippen LogP contribution < -0.4 is 10.1 Å². The van der Waals surface area contributed by atoms with Crippen LogP contribution >= 0.6 is 23.4 Å². The van der Waals surface area contributed by atoms with E-state index in [1.54, 1.807) is 31.4 Å². The number of carbonyl (C=O) groups is 2. The molecule has 0 fully saturated rings. The average molecular weight is 533 g/mol. The molecule has 2 amide bonds. The molecule has 2 aliphatic rings. The Hall–Kier alpha value is -3.62. The number of benzene rings is 3. The maximum absolute atomic E-state index is 12.8. The summed E-state index contributed by atoms with van der Waals surface area (Å²) in [5, 5.41) is 10.1. The van der Waals surface area contributed by atoms with Crippen molar-refractivity contribution in [3.05, 3.63) is 94.5 Å². The number of amidine groups is 1. The van der Waals surface area contributed by atoms with Gasteiger partial charge in [0.2, 0.25) is 5.91 Å². The number of nitrogens with one attached hydrogen (secondary N) is 1. The molecule has 0 aromatic heterocycles. The van der Waals surface area contributed by atoms with Crippen molar-refractivity contribution < 1.29 is 14.3 Å². The van der Waals surface area contributed by atoms with Gasteiger partial charge in [-0.3, -0.25) is 9.59 Å². The van der Waals surface area contributed by atoms with E-state index in [1.165, 1.54) is 17.3 Å². The Morgan fingerprint density at radius 3 is 2.46 bits per heavy atom. The molecule has 0 radical (unpaired) electrons. The minimum Gasteiger partial charge on any atom is -0.497 e. The van der Waals surface area contributed by atoms with Gasteiger partial charge in [0.05, 0.1) is 18.9 Å². The fraction of sp³-hybridized carbons (Fsp3) is 0.214. The standard InChI is InChI=1S/C28H25ClN4O3S/c1-17-3-5-18(6-4-17)23-15-24(19-7-9-20(29)10-8-19)33(32-23)28-31-27(35)25(37-28)16-26(34)30-21-11-13-22(36-2)14-12-21/h3-14,24-25H,15-16H2,1-2H3,(H,30,34)/t24-,25-/m1/s1. The third kappa shape index (κ3) is 5.70. The second-order valence-electron chi connectivity index (χ2n) is 8.85. The minimum absolute atomic E-state index is 0.0104. The molecule has 2 heterocycles. The molecule has 9 heteroatoms. The molecule has 1 N–H and O–H groups in total. The lowest BCUT2D eigenvalue weighted by Gasteiger charge is -2.23. The number of amides is 2. The second-order valence-corrected chi connectivity index (χ2v) is 10.5. The number of anilines is 1. The van der Waals surface area contributed by atoms with Gasteiger partial charge in [-0.05, 0) is 54.4 Å². The third-order valence-corrected chi connectivity index (χ3v) is 7.61. The van der Waals surface area contributed by atoms with Crippen molar-refractivity contribution >= 4 is 51.7 Å². The molecule has 3 aromatic rings. The Morgan fingerprint density at radius 2 is 1.78 bits per heavy atom. The molecule has 0 bridgehead atoms. The summed E-state index contributed by atoms with van der Waals surface area (Å²) in [5.74, 6) is 0.106. The molecule has 188 valence electrons. The number of ether oxygens (including phenoxy) is 1. The lowest BCUT2D eigenvalue weighted by molar-refractivity contribution is -0.121. The van der Waals surface area contributed by atoms with E-state index >= 15 is 0 Å². The quantitative estimate of drug-likeness (QED) is 0.431. The number of carbonyl (C=O) groups excluding carboxylic acids is 2. The summed E-state index contributed by atoms with van der Waals surface area (Å²) in [7, 11) is 1.58. The summed E-state index contributed by atoms with van der Waals surface area (Å²) in [6, 6.07) is 22.7. The number of rotatable bonds is 6. The first kappa shape index (κ1) is 25.0. The molecule has 2 atom stereocenters. The average Bonchev–Trinajstić information content (AvgIpc) is 3.49. The summed E-state index contributed by atoms with van der Waals surface area (Å²) in [6.07, 6.45) is 0.664. The van der Waals surface area contributed by atoms with Crippen LogP contribution in [-0.2, 0) is 9.59 Å². The van der Waals surface area contributed by atoms with Crippen LogP contribution in [0.5, 0.6) is 5.75 Å². The molecule has 0 spiro atoms. The van der Waals surface area contributed by atoms with Crippen LogP contribution in [0.3, 0.4) is 0 Å². The van der Waals surface area contributed by atoms with Crippen molar-refractivity contribution in [1.29, 1.82) is 0 Å². The fourth-order valence-electron chi connectivity index (χ4n) is 4.21. The van der Waals surface area contributed by atoms with E-state index in [9.17, 15) is 9.59 Å². The number of aryl methyl sites for hydroxylation is 1. The summed E-state index contributed by atoms with van der Waals surface area (Å²) in [6.45, 7) is 2.05. The van der Waals surface area contributed by atoms with Crippen LogP contribution in [-0.4, -0.2) is 40.1 Å². The van der Waals surface area contributed by atoms with E-state index in [1.807, 2.05) is 36.2 Å². The zero-order valence-electron chi connectivity index (χ0n) is 20.3. The van der Waals surface area contributed by atoms with Gasteiger partial charge in [-0.2, -0.15) is 10.1 Å². The highest BCUT2D eigenvalue weighted by molar-refractivity contribution is 8.15. The zero-order chi connectivity index (χ0) is 25.9. The van der Waals surface area contributed by atoms with E-state index in [4.69, 9.17) is 21.4 Å². The number of hydrogen-bond acceptors (Lipinski definition) is 6. The van der Waals surface area contributed by atoms with Gasteiger partial charge in [0.1, 0.15) is 11.0 Å². The summed E-state index contributed by atoms with van der Waals surface area (Å²) >= 11 is 7.40. The normalized spacial score (nSPS) is 19.0. The molecule has 0 saturated heterocycles. The SMILES string of the molecule is COc1ccc(NC(=O)C[C@H]2SC(N3N=C(c4ccc(C)cc4)C[C@@H]3c3ccc(Cl)cc3)=NC2=O)cc1. The number of hydrazone groups is 1. The van der Waals surface area contributed by atoms with Crippen molar-refractivity contribution in [2.75, 3.05) is 12.4 Å². The number of hydrogen-bond donors (Lipinski definition) is 1. The van der Waals surface area contributed by atoms with E-state index in [-0.39, 0.29) is 24.3 Å². The van der Waals surface area contributed by atoms with Gasteiger partial charge >= 0.3 is 0 Å². The van der Waals surface area contributed by atoms with Gasteiger partial charge in [0.25, 0.3) is 5.91 Å². The molecule has 7 nitrogen and oxygen atoms in total.